The van der Waals surface area contributed by atoms with Gasteiger partial charge < -0.3 is 8.83 Å². The summed E-state index contributed by atoms with van der Waals surface area (Å²) in [5, 5.41) is 5.02. The van der Waals surface area contributed by atoms with Crippen LogP contribution in [0.1, 0.15) is 0 Å². The first-order chi connectivity index (χ1) is 26.2. The molecule has 0 aliphatic heterocycles. The van der Waals surface area contributed by atoms with Crippen LogP contribution in [0.15, 0.2) is 167 Å². The van der Waals surface area contributed by atoms with E-state index in [1.165, 1.54) is 11.1 Å². The summed E-state index contributed by atoms with van der Waals surface area (Å²) < 4.78 is 13.8. The van der Waals surface area contributed by atoms with Crippen LogP contribution in [-0.2, 0) is 0 Å². The molecule has 0 aliphatic carbocycles. The molecule has 248 valence electrons. The van der Waals surface area contributed by atoms with Gasteiger partial charge in [-0.2, -0.15) is 0 Å². The van der Waals surface area contributed by atoms with E-state index in [1.54, 1.807) is 11.3 Å². The fourth-order valence-corrected chi connectivity index (χ4v) is 8.18. The lowest BCUT2D eigenvalue weighted by atomic mass is 10.0. The molecule has 11 aromatic rings. The zero-order valence-electron chi connectivity index (χ0n) is 28.0. The van der Waals surface area contributed by atoms with Gasteiger partial charge in [0, 0.05) is 49.9 Å². The summed E-state index contributed by atoms with van der Waals surface area (Å²) in [6.45, 7) is 0. The molecule has 11 rings (SSSR count). The van der Waals surface area contributed by atoms with Crippen LogP contribution in [0.3, 0.4) is 0 Å². The predicted octanol–water partition coefficient (Wildman–Crippen LogP) is 12.6. The van der Waals surface area contributed by atoms with E-state index in [2.05, 4.69) is 78.9 Å². The highest BCUT2D eigenvalue weighted by atomic mass is 32.1. The Labute approximate surface area is 306 Å². The molecule has 7 heteroatoms. The maximum absolute atomic E-state index is 6.52. The third-order valence-corrected chi connectivity index (χ3v) is 10.9. The molecule has 0 radical (unpaired) electrons. The second kappa shape index (κ2) is 11.8. The molecule has 7 aromatic carbocycles. The van der Waals surface area contributed by atoms with Crippen molar-refractivity contribution >= 4 is 65.4 Å². The van der Waals surface area contributed by atoms with E-state index in [1.807, 2.05) is 78.9 Å². The fraction of sp³-hybridized carbons (Fsp3) is 0. The van der Waals surface area contributed by atoms with Gasteiger partial charge in [0.1, 0.15) is 27.3 Å². The van der Waals surface area contributed by atoms with Gasteiger partial charge in [0.15, 0.2) is 17.5 Å². The van der Waals surface area contributed by atoms with E-state index in [4.69, 9.17) is 28.8 Å². The highest BCUT2D eigenvalue weighted by molar-refractivity contribution is 7.21. The van der Waals surface area contributed by atoms with Crippen LogP contribution in [0.25, 0.3) is 110 Å². The Bertz CT molecular complexity index is 3160. The van der Waals surface area contributed by atoms with E-state index < -0.39 is 0 Å². The third-order valence-electron chi connectivity index (χ3n) is 9.79. The maximum Gasteiger partial charge on any atom is 0.164 e. The predicted molar refractivity (Wildman–Crippen MR) is 215 cm³/mol. The Morgan fingerprint density at radius 3 is 1.83 bits per heavy atom. The zero-order valence-corrected chi connectivity index (χ0v) is 28.8. The van der Waals surface area contributed by atoms with E-state index in [9.17, 15) is 0 Å². The molecule has 6 nitrogen and oxygen atoms in total. The summed E-state index contributed by atoms with van der Waals surface area (Å²) >= 11 is 1.67. The number of aromatic nitrogens is 4. The molecule has 0 aliphatic rings. The largest absolute Gasteiger partial charge is 0.456 e. The second-order valence-corrected chi connectivity index (χ2v) is 14.1. The van der Waals surface area contributed by atoms with Crippen LogP contribution in [0, 0.1) is 0 Å². The van der Waals surface area contributed by atoms with Crippen LogP contribution in [0.5, 0.6) is 0 Å². The lowest BCUT2D eigenvalue weighted by Crippen LogP contribution is -2.00. The van der Waals surface area contributed by atoms with E-state index in [-0.39, 0.29) is 0 Å². The van der Waals surface area contributed by atoms with Crippen molar-refractivity contribution in [3.8, 4) is 55.9 Å². The molecule has 0 saturated heterocycles. The van der Waals surface area contributed by atoms with Gasteiger partial charge in [0.05, 0.1) is 10.2 Å². The summed E-state index contributed by atoms with van der Waals surface area (Å²) in [6, 6.07) is 53.5. The number of fused-ring (bicyclic) bond motifs is 7. The molecule has 0 N–H and O–H groups in total. The van der Waals surface area contributed by atoms with E-state index in [0.717, 1.165) is 81.4 Å². The summed E-state index contributed by atoms with van der Waals surface area (Å²) in [7, 11) is 0. The number of para-hydroxylation sites is 1. The molecule has 4 heterocycles. The van der Waals surface area contributed by atoms with Crippen LogP contribution in [-0.4, -0.2) is 19.9 Å². The Morgan fingerprint density at radius 2 is 1.00 bits per heavy atom. The minimum atomic E-state index is 0.562. The molecule has 0 fully saturated rings. The maximum atomic E-state index is 6.52. The Hall–Kier alpha value is -6.96. The Balaban J connectivity index is 1.01. The van der Waals surface area contributed by atoms with Crippen LogP contribution < -0.4 is 0 Å². The normalized spacial score (nSPS) is 11.8. The first-order valence-corrected chi connectivity index (χ1v) is 18.2. The van der Waals surface area contributed by atoms with Crippen molar-refractivity contribution in [1.29, 1.82) is 0 Å². The minimum Gasteiger partial charge on any atom is -0.456 e. The quantitative estimate of drug-likeness (QED) is 0.178. The average molecular weight is 699 g/mol. The average Bonchev–Trinajstić information content (AvgIpc) is 3.93. The van der Waals surface area contributed by atoms with Gasteiger partial charge in [-0.25, -0.2) is 19.9 Å². The lowest BCUT2D eigenvalue weighted by molar-refractivity contribution is 0.669. The first kappa shape index (κ1) is 29.7. The second-order valence-electron chi connectivity index (χ2n) is 13.0. The van der Waals surface area contributed by atoms with Crippen molar-refractivity contribution in [2.24, 2.45) is 0 Å². The fourth-order valence-electron chi connectivity index (χ4n) is 7.20. The van der Waals surface area contributed by atoms with Crippen molar-refractivity contribution in [3.05, 3.63) is 158 Å². The zero-order chi connectivity index (χ0) is 34.9. The highest BCUT2D eigenvalue weighted by Gasteiger charge is 2.19. The van der Waals surface area contributed by atoms with Gasteiger partial charge in [0.25, 0.3) is 0 Å². The van der Waals surface area contributed by atoms with Crippen LogP contribution >= 0.6 is 11.3 Å². The van der Waals surface area contributed by atoms with Gasteiger partial charge in [-0.3, -0.25) is 0 Å². The number of furan rings is 2. The summed E-state index contributed by atoms with van der Waals surface area (Å²) in [5.41, 5.74) is 10.3. The number of nitrogens with zero attached hydrogens (tertiary/aromatic N) is 4. The van der Waals surface area contributed by atoms with Crippen molar-refractivity contribution in [2.45, 2.75) is 0 Å². The molecule has 0 spiro atoms. The van der Waals surface area contributed by atoms with Crippen LogP contribution in [0.4, 0.5) is 0 Å². The molecule has 0 atom stereocenters. The van der Waals surface area contributed by atoms with E-state index in [0.29, 0.717) is 17.5 Å². The summed E-state index contributed by atoms with van der Waals surface area (Å²) in [6.07, 6.45) is 0. The van der Waals surface area contributed by atoms with Gasteiger partial charge in [-0.05, 0) is 41.5 Å². The number of hydrogen-bond acceptors (Lipinski definition) is 7. The molecule has 4 aromatic heterocycles. The molecule has 0 unspecified atom stereocenters. The van der Waals surface area contributed by atoms with Crippen molar-refractivity contribution in [3.63, 3.8) is 0 Å². The molecule has 0 amide bonds. The van der Waals surface area contributed by atoms with Crippen molar-refractivity contribution in [1.82, 2.24) is 19.9 Å². The topological polar surface area (TPSA) is 77.8 Å². The monoisotopic (exact) mass is 698 g/mol. The summed E-state index contributed by atoms with van der Waals surface area (Å²) in [4.78, 5) is 20.1. The van der Waals surface area contributed by atoms with Crippen molar-refractivity contribution < 1.29 is 8.83 Å². The highest BCUT2D eigenvalue weighted by Crippen LogP contribution is 2.40. The van der Waals surface area contributed by atoms with Crippen molar-refractivity contribution in [2.75, 3.05) is 0 Å². The molecular formula is C46H26N4O2S. The number of benzene rings is 7. The lowest BCUT2D eigenvalue weighted by Gasteiger charge is -2.09. The molecule has 53 heavy (non-hydrogen) atoms. The van der Waals surface area contributed by atoms with Gasteiger partial charge >= 0.3 is 0 Å². The van der Waals surface area contributed by atoms with E-state index >= 15 is 0 Å². The molecular weight excluding hydrogens is 673 g/mol. The van der Waals surface area contributed by atoms with Gasteiger partial charge in [-0.1, -0.05) is 121 Å². The number of thiazole rings is 1. The summed E-state index contributed by atoms with van der Waals surface area (Å²) in [5.74, 6) is 1.73. The van der Waals surface area contributed by atoms with Crippen LogP contribution in [0.2, 0.25) is 0 Å². The Morgan fingerprint density at radius 1 is 0.377 bits per heavy atom. The van der Waals surface area contributed by atoms with Gasteiger partial charge in [-0.15, -0.1) is 11.3 Å². The SMILES string of the molecule is c1ccc(-c2ccc(-c3nc4cc5c(cc4s3)oc3cc(-c4nc(-c6ccccc6)nc(-c6cccc7oc8ccccc8c67)n4)ccc35)cc2)cc1. The Kier molecular flexibility index (Phi) is 6.62. The molecule has 0 bridgehead atoms. The minimum absolute atomic E-state index is 0.562. The third kappa shape index (κ3) is 5.01. The number of rotatable bonds is 5. The number of hydrogen-bond donors (Lipinski definition) is 0. The smallest absolute Gasteiger partial charge is 0.164 e. The molecule has 0 saturated carbocycles. The van der Waals surface area contributed by atoms with Gasteiger partial charge in [0.2, 0.25) is 0 Å². The first-order valence-electron chi connectivity index (χ1n) is 17.4. The standard InChI is InChI=1S/C46H26N4O2S/c1-3-10-27(11-4-1)28-18-20-30(21-19-28)46-47-36-25-35-32-23-22-31(24-39(32)52-40(35)26-41(36)53-46)44-48-43(29-12-5-2-6-13-29)49-45(50-44)34-15-9-17-38-42(34)33-14-7-8-16-37(33)51-38/h1-26H.